The molecule has 1 aliphatic heterocycles. The Kier molecular flexibility index (Phi) is 6.38. The van der Waals surface area contributed by atoms with Crippen LogP contribution in [0.2, 0.25) is 0 Å². The Morgan fingerprint density at radius 3 is 1.95 bits per heavy atom. The van der Waals surface area contributed by atoms with Crippen LogP contribution in [0.5, 0.6) is 0 Å². The van der Waals surface area contributed by atoms with Crippen LogP contribution in [-0.4, -0.2) is 55.4 Å². The van der Waals surface area contributed by atoms with Gasteiger partial charge in [-0.05, 0) is 20.3 Å². The van der Waals surface area contributed by atoms with Crippen LogP contribution in [-0.2, 0) is 28.5 Å². The smallest absolute Gasteiger partial charge is 0.350 e. The van der Waals surface area contributed by atoms with Gasteiger partial charge in [-0.2, -0.15) is 0 Å². The van der Waals surface area contributed by atoms with Gasteiger partial charge in [-0.15, -0.1) is 0 Å². The number of rotatable bonds is 7. The third-order valence-electron chi connectivity index (χ3n) is 3.13. The second kappa shape index (κ2) is 7.56. The van der Waals surface area contributed by atoms with Crippen molar-refractivity contribution in [2.75, 3.05) is 26.4 Å². The molecule has 1 N–H and O–H groups in total. The number of hydrogen-bond acceptors (Lipinski definition) is 7. The van der Waals surface area contributed by atoms with E-state index in [1.807, 2.05) is 0 Å². The van der Waals surface area contributed by atoms with Crippen LogP contribution in [0.4, 0.5) is 0 Å². The molecule has 7 nitrogen and oxygen atoms in total. The lowest BCUT2D eigenvalue weighted by Crippen LogP contribution is -2.58. The van der Waals surface area contributed by atoms with Gasteiger partial charge in [0.1, 0.15) is 0 Å². The summed E-state index contributed by atoms with van der Waals surface area (Å²) in [5.74, 6) is -2.96. The fraction of sp³-hybridized carbons (Fsp3) is 0.846. The predicted molar refractivity (Wildman–Crippen MR) is 67.7 cm³/mol. The molecule has 0 saturated carbocycles. The second-order valence-electron chi connectivity index (χ2n) is 4.33. The number of carbonyl (C=O) groups is 2. The van der Waals surface area contributed by atoms with Gasteiger partial charge in [0.15, 0.2) is 6.29 Å². The van der Waals surface area contributed by atoms with Gasteiger partial charge in [0.2, 0.25) is 0 Å². The van der Waals surface area contributed by atoms with Crippen molar-refractivity contribution in [3.63, 3.8) is 0 Å². The van der Waals surface area contributed by atoms with Gasteiger partial charge >= 0.3 is 11.9 Å². The maximum absolute atomic E-state index is 12.1. The maximum Gasteiger partial charge on any atom is 0.350 e. The summed E-state index contributed by atoms with van der Waals surface area (Å²) in [7, 11) is 0. The van der Waals surface area contributed by atoms with Crippen LogP contribution in [0.3, 0.4) is 0 Å². The van der Waals surface area contributed by atoms with E-state index < -0.39 is 29.7 Å². The summed E-state index contributed by atoms with van der Waals surface area (Å²) in [6, 6.07) is 0. The van der Waals surface area contributed by atoms with E-state index in [0.717, 1.165) is 0 Å². The van der Waals surface area contributed by atoms with Crippen molar-refractivity contribution in [2.24, 2.45) is 5.92 Å². The van der Waals surface area contributed by atoms with Crippen LogP contribution in [0, 0.1) is 5.92 Å². The van der Waals surface area contributed by atoms with Gasteiger partial charge in [0.25, 0.3) is 5.60 Å². The molecule has 0 bridgehead atoms. The molecule has 1 atom stereocenters. The van der Waals surface area contributed by atoms with E-state index in [9.17, 15) is 14.7 Å². The molecule has 0 unspecified atom stereocenters. The normalized spacial score (nSPS) is 17.8. The van der Waals surface area contributed by atoms with Crippen molar-refractivity contribution in [2.45, 2.75) is 39.1 Å². The first kappa shape index (κ1) is 16.9. The molecule has 1 saturated heterocycles. The number of esters is 2. The summed E-state index contributed by atoms with van der Waals surface area (Å²) in [5, 5.41) is 10.6. The van der Waals surface area contributed by atoms with E-state index >= 15 is 0 Å². The van der Waals surface area contributed by atoms with Crippen molar-refractivity contribution in [3.05, 3.63) is 0 Å². The molecule has 0 aromatic rings. The third kappa shape index (κ3) is 3.28. The zero-order valence-electron chi connectivity index (χ0n) is 12.1. The number of ether oxygens (including phenoxy) is 4. The maximum atomic E-state index is 12.1. The molecule has 1 heterocycles. The molecule has 0 aliphatic carbocycles. The van der Waals surface area contributed by atoms with Crippen LogP contribution < -0.4 is 0 Å². The Labute approximate surface area is 118 Å². The predicted octanol–water partition coefficient (Wildman–Crippen LogP) is 0.243. The minimum atomic E-state index is -2.42. The molecule has 0 aromatic heterocycles. The standard InChI is InChI=1S/C13H22O7/c1-4-9(10-19-7-8-20-10)13(16,11(14)17-5-2)12(15)18-6-3/h9-10,16H,4-8H2,1-3H3/t9-/m1/s1. The van der Waals surface area contributed by atoms with Gasteiger partial charge in [0.05, 0.1) is 32.3 Å². The molecule has 116 valence electrons. The van der Waals surface area contributed by atoms with Crippen molar-refractivity contribution in [1.29, 1.82) is 0 Å². The van der Waals surface area contributed by atoms with Gasteiger partial charge in [-0.25, -0.2) is 9.59 Å². The average Bonchev–Trinajstić information content (AvgIpc) is 2.93. The molecule has 0 radical (unpaired) electrons. The molecular formula is C13H22O7. The largest absolute Gasteiger partial charge is 0.463 e. The number of hydrogen-bond donors (Lipinski definition) is 1. The molecule has 0 aromatic carbocycles. The summed E-state index contributed by atoms with van der Waals surface area (Å²) >= 11 is 0. The number of carbonyl (C=O) groups excluding carboxylic acids is 2. The highest BCUT2D eigenvalue weighted by Gasteiger charge is 2.57. The van der Waals surface area contributed by atoms with E-state index in [1.165, 1.54) is 0 Å². The van der Waals surface area contributed by atoms with Gasteiger partial charge in [-0.1, -0.05) is 6.92 Å². The van der Waals surface area contributed by atoms with E-state index in [4.69, 9.17) is 18.9 Å². The highest BCUT2D eigenvalue weighted by Crippen LogP contribution is 2.31. The zero-order chi connectivity index (χ0) is 15.2. The third-order valence-corrected chi connectivity index (χ3v) is 3.13. The molecule has 1 rings (SSSR count). The Balaban J connectivity index is 3.05. The highest BCUT2D eigenvalue weighted by atomic mass is 16.7. The Bertz CT molecular complexity index is 318. The first-order valence-electron chi connectivity index (χ1n) is 6.82. The second-order valence-corrected chi connectivity index (χ2v) is 4.33. The topological polar surface area (TPSA) is 91.3 Å². The first-order chi connectivity index (χ1) is 9.52. The lowest BCUT2D eigenvalue weighted by atomic mass is 9.84. The van der Waals surface area contributed by atoms with Gasteiger partial charge in [-0.3, -0.25) is 0 Å². The minimum Gasteiger partial charge on any atom is -0.463 e. The van der Waals surface area contributed by atoms with Crippen molar-refractivity contribution in [1.82, 2.24) is 0 Å². The minimum absolute atomic E-state index is 0.0450. The summed E-state index contributed by atoms with van der Waals surface area (Å²) in [6.07, 6.45) is -0.544. The molecular weight excluding hydrogens is 268 g/mol. The first-order valence-corrected chi connectivity index (χ1v) is 6.82. The SMILES string of the molecule is CCOC(=O)C(O)(C(=O)OCC)[C@H](CC)C1OCCO1. The highest BCUT2D eigenvalue weighted by molar-refractivity contribution is 6.03. The monoisotopic (exact) mass is 290 g/mol. The van der Waals surface area contributed by atoms with Crippen molar-refractivity contribution >= 4 is 11.9 Å². The van der Waals surface area contributed by atoms with Crippen LogP contribution >= 0.6 is 0 Å². The summed E-state index contributed by atoms with van der Waals surface area (Å²) in [5.41, 5.74) is -2.42. The van der Waals surface area contributed by atoms with Crippen molar-refractivity contribution in [3.8, 4) is 0 Å². The summed E-state index contributed by atoms with van der Waals surface area (Å²) in [6.45, 7) is 5.69. The van der Waals surface area contributed by atoms with E-state index in [0.29, 0.717) is 19.6 Å². The Morgan fingerprint density at radius 1 is 1.15 bits per heavy atom. The Morgan fingerprint density at radius 2 is 1.60 bits per heavy atom. The van der Waals surface area contributed by atoms with Crippen LogP contribution in [0.25, 0.3) is 0 Å². The lowest BCUT2D eigenvalue weighted by molar-refractivity contribution is -0.208. The lowest BCUT2D eigenvalue weighted by Gasteiger charge is -2.33. The van der Waals surface area contributed by atoms with E-state index in [1.54, 1.807) is 20.8 Å². The van der Waals surface area contributed by atoms with E-state index in [-0.39, 0.29) is 13.2 Å². The van der Waals surface area contributed by atoms with Crippen molar-refractivity contribution < 1.29 is 33.6 Å². The fourth-order valence-electron chi connectivity index (χ4n) is 2.16. The molecule has 20 heavy (non-hydrogen) atoms. The number of aliphatic hydroxyl groups is 1. The van der Waals surface area contributed by atoms with Gasteiger partial charge < -0.3 is 24.1 Å². The molecule has 7 heteroatoms. The van der Waals surface area contributed by atoms with Crippen LogP contribution in [0.1, 0.15) is 27.2 Å². The average molecular weight is 290 g/mol. The van der Waals surface area contributed by atoms with Gasteiger partial charge in [0, 0.05) is 0 Å². The van der Waals surface area contributed by atoms with Crippen LogP contribution in [0.15, 0.2) is 0 Å². The molecule has 0 amide bonds. The summed E-state index contributed by atoms with van der Waals surface area (Å²) in [4.78, 5) is 24.1. The zero-order valence-corrected chi connectivity index (χ0v) is 12.1. The quantitative estimate of drug-likeness (QED) is 0.530. The molecule has 1 fully saturated rings. The fourth-order valence-corrected chi connectivity index (χ4v) is 2.16. The van der Waals surface area contributed by atoms with E-state index in [2.05, 4.69) is 0 Å². The Hall–Kier alpha value is -1.18. The molecule has 1 aliphatic rings. The molecule has 0 spiro atoms. The summed E-state index contributed by atoms with van der Waals surface area (Å²) < 4.78 is 20.3.